The van der Waals surface area contributed by atoms with Gasteiger partial charge in [0.05, 0.1) is 25.9 Å². The first-order valence-electron chi connectivity index (χ1n) is 10.1. The molecular formula is C22H33NO4. The summed E-state index contributed by atoms with van der Waals surface area (Å²) in [5.74, 6) is 0.413. The highest BCUT2D eigenvalue weighted by Crippen LogP contribution is 2.29. The van der Waals surface area contributed by atoms with Gasteiger partial charge in [0.25, 0.3) is 5.91 Å². The lowest BCUT2D eigenvalue weighted by Gasteiger charge is -2.32. The van der Waals surface area contributed by atoms with Crippen molar-refractivity contribution < 1.29 is 19.0 Å². The van der Waals surface area contributed by atoms with Crippen LogP contribution in [0.25, 0.3) is 0 Å². The molecule has 2 heterocycles. The number of hydrogen-bond donors (Lipinski definition) is 0. The minimum atomic E-state index is 0.0842. The van der Waals surface area contributed by atoms with E-state index in [1.807, 2.05) is 29.2 Å². The minimum Gasteiger partial charge on any atom is -0.381 e. The summed E-state index contributed by atoms with van der Waals surface area (Å²) in [7, 11) is 0. The van der Waals surface area contributed by atoms with Crippen molar-refractivity contribution in [1.82, 2.24) is 4.90 Å². The highest BCUT2D eigenvalue weighted by atomic mass is 16.5. The maximum atomic E-state index is 13.3. The molecule has 0 saturated carbocycles. The van der Waals surface area contributed by atoms with Crippen LogP contribution in [0.3, 0.4) is 0 Å². The fraction of sp³-hybridized carbons (Fsp3) is 0.682. The van der Waals surface area contributed by atoms with Gasteiger partial charge in [-0.05, 0) is 29.9 Å². The zero-order chi connectivity index (χ0) is 19.3. The molecule has 2 fully saturated rings. The van der Waals surface area contributed by atoms with Crippen molar-refractivity contribution in [3.63, 3.8) is 0 Å². The topological polar surface area (TPSA) is 48.0 Å². The van der Waals surface area contributed by atoms with Crippen LogP contribution in [0.15, 0.2) is 24.3 Å². The minimum absolute atomic E-state index is 0.0842. The number of carbonyl (C=O) groups excluding carboxylic acids is 1. The second-order valence-electron chi connectivity index (χ2n) is 8.67. The van der Waals surface area contributed by atoms with Crippen molar-refractivity contribution in [2.75, 3.05) is 39.5 Å². The molecule has 0 N–H and O–H groups in total. The maximum Gasteiger partial charge on any atom is 0.254 e. The van der Waals surface area contributed by atoms with Crippen molar-refractivity contribution in [3.05, 3.63) is 35.4 Å². The van der Waals surface area contributed by atoms with E-state index in [-0.39, 0.29) is 17.4 Å². The molecule has 1 aromatic rings. The Labute approximate surface area is 163 Å². The summed E-state index contributed by atoms with van der Waals surface area (Å²) in [6, 6.07) is 7.83. The molecule has 0 bridgehead atoms. The van der Waals surface area contributed by atoms with Crippen molar-refractivity contribution in [1.29, 1.82) is 0 Å². The van der Waals surface area contributed by atoms with Crippen molar-refractivity contribution >= 4 is 5.91 Å². The van der Waals surface area contributed by atoms with E-state index in [0.717, 1.165) is 43.7 Å². The Kier molecular flexibility index (Phi) is 6.90. The first-order chi connectivity index (χ1) is 12.9. The quantitative estimate of drug-likeness (QED) is 0.808. The number of hydrogen-bond acceptors (Lipinski definition) is 4. The third-order valence-electron chi connectivity index (χ3n) is 5.67. The largest absolute Gasteiger partial charge is 0.381 e. The Morgan fingerprint density at radius 3 is 2.63 bits per heavy atom. The Hall–Kier alpha value is -1.43. The van der Waals surface area contributed by atoms with Gasteiger partial charge in [0.15, 0.2) is 0 Å². The lowest BCUT2D eigenvalue weighted by molar-refractivity contribution is -0.0392. The zero-order valence-electron chi connectivity index (χ0n) is 16.9. The molecule has 0 aliphatic carbocycles. The van der Waals surface area contributed by atoms with Crippen LogP contribution in [-0.2, 0) is 20.8 Å². The summed E-state index contributed by atoms with van der Waals surface area (Å²) < 4.78 is 17.2. The number of ether oxygens (including phenoxy) is 3. The highest BCUT2D eigenvalue weighted by molar-refractivity contribution is 5.95. The molecule has 2 aliphatic rings. The predicted octanol–water partition coefficient (Wildman–Crippen LogP) is 3.52. The van der Waals surface area contributed by atoms with E-state index in [2.05, 4.69) is 20.8 Å². The number of carbonyl (C=O) groups is 1. The van der Waals surface area contributed by atoms with Crippen LogP contribution < -0.4 is 0 Å². The predicted molar refractivity (Wildman–Crippen MR) is 105 cm³/mol. The van der Waals surface area contributed by atoms with Gasteiger partial charge in [0.1, 0.15) is 0 Å². The second-order valence-corrected chi connectivity index (χ2v) is 8.67. The van der Waals surface area contributed by atoms with Gasteiger partial charge in [-0.25, -0.2) is 0 Å². The van der Waals surface area contributed by atoms with Gasteiger partial charge in [-0.2, -0.15) is 0 Å². The van der Waals surface area contributed by atoms with Crippen LogP contribution in [0.2, 0.25) is 0 Å². The molecule has 150 valence electrons. The summed E-state index contributed by atoms with van der Waals surface area (Å²) in [5.41, 5.74) is 1.82. The molecule has 27 heavy (non-hydrogen) atoms. The summed E-state index contributed by atoms with van der Waals surface area (Å²) in [6.45, 7) is 11.3. The second kappa shape index (κ2) is 9.18. The molecule has 2 aliphatic heterocycles. The molecule has 0 spiro atoms. The molecule has 0 radical (unpaired) electrons. The lowest BCUT2D eigenvalue weighted by Crippen LogP contribution is -2.40. The lowest BCUT2D eigenvalue weighted by atomic mass is 9.81. The Morgan fingerprint density at radius 2 is 1.89 bits per heavy atom. The SMILES string of the molecule is CC(C)(C)C1COCCN(C(=O)c2ccccc2COC2CCOCC2)C1. The van der Waals surface area contributed by atoms with Crippen LogP contribution in [-0.4, -0.2) is 56.4 Å². The van der Waals surface area contributed by atoms with Gasteiger partial charge >= 0.3 is 0 Å². The number of benzene rings is 1. The van der Waals surface area contributed by atoms with Gasteiger partial charge in [0, 0.05) is 37.8 Å². The summed E-state index contributed by atoms with van der Waals surface area (Å²) in [6.07, 6.45) is 2.07. The van der Waals surface area contributed by atoms with E-state index in [0.29, 0.717) is 32.3 Å². The monoisotopic (exact) mass is 375 g/mol. The van der Waals surface area contributed by atoms with E-state index in [4.69, 9.17) is 14.2 Å². The third kappa shape index (κ3) is 5.53. The fourth-order valence-electron chi connectivity index (χ4n) is 3.59. The van der Waals surface area contributed by atoms with Crippen molar-refractivity contribution in [2.24, 2.45) is 11.3 Å². The molecule has 5 nitrogen and oxygen atoms in total. The Bertz CT molecular complexity index is 619. The molecule has 1 amide bonds. The van der Waals surface area contributed by atoms with Crippen molar-refractivity contribution in [2.45, 2.75) is 46.3 Å². The molecule has 1 atom stereocenters. The number of rotatable bonds is 4. The van der Waals surface area contributed by atoms with Crippen LogP contribution in [0, 0.1) is 11.3 Å². The zero-order valence-corrected chi connectivity index (χ0v) is 16.9. The first kappa shape index (κ1) is 20.3. The van der Waals surface area contributed by atoms with Crippen LogP contribution in [0.1, 0.15) is 49.5 Å². The molecule has 1 aromatic carbocycles. The van der Waals surface area contributed by atoms with Gasteiger partial charge in [0.2, 0.25) is 0 Å². The standard InChI is InChI=1S/C22H33NO4/c1-22(2,3)18-14-23(10-13-26-16-18)21(24)20-7-5-4-6-17(20)15-27-19-8-11-25-12-9-19/h4-7,18-19H,8-16H2,1-3H3. The van der Waals surface area contributed by atoms with Crippen LogP contribution >= 0.6 is 0 Å². The first-order valence-corrected chi connectivity index (χ1v) is 10.1. The molecule has 0 aromatic heterocycles. The van der Waals surface area contributed by atoms with E-state index in [1.165, 1.54) is 0 Å². The van der Waals surface area contributed by atoms with E-state index >= 15 is 0 Å². The number of amides is 1. The molecule has 3 rings (SSSR count). The maximum absolute atomic E-state index is 13.3. The van der Waals surface area contributed by atoms with Gasteiger partial charge in [-0.3, -0.25) is 4.79 Å². The Morgan fingerprint density at radius 1 is 1.15 bits per heavy atom. The molecular weight excluding hydrogens is 342 g/mol. The Balaban J connectivity index is 1.70. The van der Waals surface area contributed by atoms with Crippen molar-refractivity contribution in [3.8, 4) is 0 Å². The highest BCUT2D eigenvalue weighted by Gasteiger charge is 2.31. The van der Waals surface area contributed by atoms with E-state index < -0.39 is 0 Å². The average Bonchev–Trinajstić information content (AvgIpc) is 2.93. The summed E-state index contributed by atoms with van der Waals surface area (Å²) >= 11 is 0. The van der Waals surface area contributed by atoms with E-state index in [9.17, 15) is 4.79 Å². The summed E-state index contributed by atoms with van der Waals surface area (Å²) in [5, 5.41) is 0. The normalized spacial score (nSPS) is 22.5. The molecule has 5 heteroatoms. The molecule has 2 saturated heterocycles. The van der Waals surface area contributed by atoms with Gasteiger partial charge < -0.3 is 19.1 Å². The summed E-state index contributed by atoms with van der Waals surface area (Å²) in [4.78, 5) is 15.2. The van der Waals surface area contributed by atoms with Gasteiger partial charge in [-0.15, -0.1) is 0 Å². The smallest absolute Gasteiger partial charge is 0.254 e. The third-order valence-corrected chi connectivity index (χ3v) is 5.67. The van der Waals surface area contributed by atoms with Gasteiger partial charge in [-0.1, -0.05) is 39.0 Å². The fourth-order valence-corrected chi connectivity index (χ4v) is 3.59. The average molecular weight is 376 g/mol. The van der Waals surface area contributed by atoms with Crippen LogP contribution in [0.5, 0.6) is 0 Å². The van der Waals surface area contributed by atoms with Crippen LogP contribution in [0.4, 0.5) is 0 Å². The van der Waals surface area contributed by atoms with E-state index in [1.54, 1.807) is 0 Å². The number of nitrogens with zero attached hydrogens (tertiary/aromatic N) is 1. The molecule has 1 unspecified atom stereocenters.